The van der Waals surface area contributed by atoms with Crippen LogP contribution in [0.2, 0.25) is 0 Å². The minimum atomic E-state index is -3.75. The Kier molecular flexibility index (Phi) is 4.75. The summed E-state index contributed by atoms with van der Waals surface area (Å²) in [5, 5.41) is 11.7. The molecule has 1 N–H and O–H groups in total. The third-order valence-corrected chi connectivity index (χ3v) is 9.33. The van der Waals surface area contributed by atoms with Gasteiger partial charge in [0, 0.05) is 43.4 Å². The molecule has 1 aliphatic carbocycles. The second-order valence-electron chi connectivity index (χ2n) is 9.06. The molecule has 33 heavy (non-hydrogen) atoms. The van der Waals surface area contributed by atoms with E-state index >= 15 is 0 Å². The molecule has 0 amide bonds. The molecule has 0 radical (unpaired) electrons. The number of hydrogen-bond acceptors (Lipinski definition) is 7. The van der Waals surface area contributed by atoms with Crippen molar-refractivity contribution in [2.45, 2.75) is 50.2 Å². The number of alkyl halides is 1. The van der Waals surface area contributed by atoms with Crippen molar-refractivity contribution in [1.29, 1.82) is 0 Å². The Morgan fingerprint density at radius 3 is 2.79 bits per heavy atom. The highest BCUT2D eigenvalue weighted by Gasteiger charge is 2.52. The van der Waals surface area contributed by atoms with Gasteiger partial charge in [-0.25, -0.2) is 17.8 Å². The molecular formula is C21H26FN7O3S. The fraction of sp³-hybridized carbons (Fsp3) is 0.571. The maximum absolute atomic E-state index is 13.8. The van der Waals surface area contributed by atoms with Gasteiger partial charge < -0.3 is 9.64 Å². The molecule has 5 heterocycles. The fourth-order valence-corrected chi connectivity index (χ4v) is 7.04. The molecule has 1 saturated carbocycles. The number of pyridine rings is 1. The van der Waals surface area contributed by atoms with Crippen molar-refractivity contribution in [3.63, 3.8) is 0 Å². The van der Waals surface area contributed by atoms with E-state index in [2.05, 4.69) is 22.0 Å². The van der Waals surface area contributed by atoms with Crippen LogP contribution in [0.15, 0.2) is 18.3 Å². The van der Waals surface area contributed by atoms with Gasteiger partial charge in [0.05, 0.1) is 31.1 Å². The van der Waals surface area contributed by atoms with Crippen LogP contribution in [0, 0.1) is 0 Å². The van der Waals surface area contributed by atoms with Crippen molar-refractivity contribution in [1.82, 2.24) is 29.3 Å². The molecule has 3 aliphatic rings. The maximum Gasteiger partial charge on any atom is 0.220 e. The zero-order chi connectivity index (χ0) is 22.9. The maximum atomic E-state index is 13.8. The first-order chi connectivity index (χ1) is 15.9. The molecule has 6 rings (SSSR count). The number of anilines is 1. The molecule has 3 unspecified atom stereocenters. The van der Waals surface area contributed by atoms with E-state index in [9.17, 15) is 12.8 Å². The fourth-order valence-electron chi connectivity index (χ4n) is 5.00. The summed E-state index contributed by atoms with van der Waals surface area (Å²) < 4.78 is 49.0. The standard InChI is InChI=1S/C21H26FN7O3S/c1-12-11-32-8-7-27(12)19-9-14-13(2)28(33(30,31)17-10-15(17)22)6-4-16-20(14)21(24-19)29(26-16)18-3-5-23-25-18/h3,5,9,12-13,15,17H,4,6-8,10-11H2,1-2H3,(H,23,25)/t12-,13?,15?,17?/m1/s1. The van der Waals surface area contributed by atoms with Gasteiger partial charge in [0.15, 0.2) is 11.5 Å². The summed E-state index contributed by atoms with van der Waals surface area (Å²) in [5.74, 6) is 1.44. The number of ether oxygens (including phenoxy) is 1. The average Bonchev–Trinajstić information content (AvgIpc) is 3.20. The molecule has 3 aromatic rings. The van der Waals surface area contributed by atoms with E-state index in [4.69, 9.17) is 14.8 Å². The third-order valence-electron chi connectivity index (χ3n) is 6.92. The molecule has 2 aliphatic heterocycles. The Balaban J connectivity index is 1.54. The summed E-state index contributed by atoms with van der Waals surface area (Å²) in [7, 11) is -3.75. The van der Waals surface area contributed by atoms with E-state index in [-0.39, 0.29) is 19.0 Å². The van der Waals surface area contributed by atoms with E-state index in [1.807, 2.05) is 19.1 Å². The lowest BCUT2D eigenvalue weighted by Crippen LogP contribution is -2.44. The highest BCUT2D eigenvalue weighted by atomic mass is 32.2. The Labute approximate surface area is 190 Å². The number of aromatic amines is 1. The zero-order valence-electron chi connectivity index (χ0n) is 18.5. The van der Waals surface area contributed by atoms with E-state index < -0.39 is 27.5 Å². The minimum Gasteiger partial charge on any atom is -0.377 e. The lowest BCUT2D eigenvalue weighted by atomic mass is 10.0. The van der Waals surface area contributed by atoms with Crippen LogP contribution < -0.4 is 4.90 Å². The predicted octanol–water partition coefficient (Wildman–Crippen LogP) is 1.73. The first-order valence-electron chi connectivity index (χ1n) is 11.3. The number of hydrogen-bond donors (Lipinski definition) is 1. The Hall–Kier alpha value is -2.57. The Bertz CT molecular complexity index is 1310. The summed E-state index contributed by atoms with van der Waals surface area (Å²) in [6.07, 6.45) is 0.876. The van der Waals surface area contributed by atoms with Gasteiger partial charge in [0.1, 0.15) is 17.2 Å². The largest absolute Gasteiger partial charge is 0.377 e. The monoisotopic (exact) mass is 475 g/mol. The molecule has 12 heteroatoms. The summed E-state index contributed by atoms with van der Waals surface area (Å²) in [6.45, 7) is 6.08. The molecule has 0 aromatic carbocycles. The van der Waals surface area contributed by atoms with Crippen molar-refractivity contribution in [3.05, 3.63) is 29.6 Å². The van der Waals surface area contributed by atoms with Gasteiger partial charge in [0.25, 0.3) is 0 Å². The number of sulfonamides is 1. The summed E-state index contributed by atoms with van der Waals surface area (Å²) >= 11 is 0. The lowest BCUT2D eigenvalue weighted by molar-refractivity contribution is 0.0985. The third kappa shape index (κ3) is 3.26. The number of morpholine rings is 1. The van der Waals surface area contributed by atoms with Crippen LogP contribution in [0.4, 0.5) is 10.2 Å². The lowest BCUT2D eigenvalue weighted by Gasteiger charge is -2.35. The van der Waals surface area contributed by atoms with E-state index in [1.165, 1.54) is 4.31 Å². The van der Waals surface area contributed by atoms with Crippen molar-refractivity contribution in [2.75, 3.05) is 31.2 Å². The SMILES string of the molecule is CC1c2cc(N3CCOC[C@H]3C)nc3c2c(nn3-c2ccn[nH]2)CCN1S(=O)(=O)C1CC1F. The van der Waals surface area contributed by atoms with Crippen molar-refractivity contribution < 1.29 is 17.5 Å². The topological polar surface area (TPSA) is 109 Å². The van der Waals surface area contributed by atoms with Crippen molar-refractivity contribution in [3.8, 4) is 5.82 Å². The molecule has 1 saturated heterocycles. The highest BCUT2D eigenvalue weighted by molar-refractivity contribution is 7.90. The first kappa shape index (κ1) is 21.0. The van der Waals surface area contributed by atoms with E-state index in [0.29, 0.717) is 37.6 Å². The van der Waals surface area contributed by atoms with Crippen molar-refractivity contribution in [2.24, 2.45) is 0 Å². The van der Waals surface area contributed by atoms with Crippen LogP contribution in [0.5, 0.6) is 0 Å². The first-order valence-corrected chi connectivity index (χ1v) is 12.8. The number of rotatable bonds is 4. The van der Waals surface area contributed by atoms with Crippen LogP contribution in [0.3, 0.4) is 0 Å². The minimum absolute atomic E-state index is 0.0745. The normalized spacial score (nSPS) is 28.3. The highest BCUT2D eigenvalue weighted by Crippen LogP contribution is 2.42. The van der Waals surface area contributed by atoms with Crippen LogP contribution in [0.1, 0.15) is 37.6 Å². The summed E-state index contributed by atoms with van der Waals surface area (Å²) in [4.78, 5) is 7.17. The molecule has 0 bridgehead atoms. The van der Waals surface area contributed by atoms with Crippen LogP contribution in [-0.2, 0) is 21.2 Å². The van der Waals surface area contributed by atoms with Gasteiger partial charge in [-0.1, -0.05) is 0 Å². The van der Waals surface area contributed by atoms with Gasteiger partial charge in [-0.3, -0.25) is 5.10 Å². The molecule has 4 atom stereocenters. The van der Waals surface area contributed by atoms with Gasteiger partial charge in [0.2, 0.25) is 10.0 Å². The number of nitrogens with zero attached hydrogens (tertiary/aromatic N) is 6. The number of nitrogens with one attached hydrogen (secondary N) is 1. The summed E-state index contributed by atoms with van der Waals surface area (Å²) in [6, 6.07) is 3.45. The van der Waals surface area contributed by atoms with Gasteiger partial charge in [-0.15, -0.1) is 0 Å². The summed E-state index contributed by atoms with van der Waals surface area (Å²) in [5.41, 5.74) is 2.27. The van der Waals surface area contributed by atoms with E-state index in [1.54, 1.807) is 10.9 Å². The Morgan fingerprint density at radius 2 is 2.09 bits per heavy atom. The average molecular weight is 476 g/mol. The molecule has 0 spiro atoms. The predicted molar refractivity (Wildman–Crippen MR) is 120 cm³/mol. The quantitative estimate of drug-likeness (QED) is 0.612. The smallest absolute Gasteiger partial charge is 0.220 e. The second kappa shape index (κ2) is 7.47. The molecule has 3 aromatic heterocycles. The Morgan fingerprint density at radius 1 is 1.27 bits per heavy atom. The van der Waals surface area contributed by atoms with Crippen LogP contribution in [0.25, 0.3) is 16.9 Å². The number of aromatic nitrogens is 5. The van der Waals surface area contributed by atoms with Gasteiger partial charge in [-0.05, 0) is 25.5 Å². The molecule has 2 fully saturated rings. The van der Waals surface area contributed by atoms with Crippen LogP contribution in [-0.4, -0.2) is 81.5 Å². The van der Waals surface area contributed by atoms with Crippen molar-refractivity contribution >= 4 is 26.9 Å². The number of halogens is 1. The van der Waals surface area contributed by atoms with E-state index in [0.717, 1.165) is 22.5 Å². The van der Waals surface area contributed by atoms with Crippen LogP contribution >= 0.6 is 0 Å². The molecule has 176 valence electrons. The molecular weight excluding hydrogens is 449 g/mol. The zero-order valence-corrected chi connectivity index (χ0v) is 19.3. The molecule has 10 nitrogen and oxygen atoms in total. The van der Waals surface area contributed by atoms with Gasteiger partial charge in [-0.2, -0.15) is 19.2 Å². The van der Waals surface area contributed by atoms with Gasteiger partial charge >= 0.3 is 0 Å². The number of H-pyrrole nitrogens is 1. The second-order valence-corrected chi connectivity index (χ2v) is 11.2.